The van der Waals surface area contributed by atoms with Gasteiger partial charge in [0.25, 0.3) is 0 Å². The zero-order valence-electron chi connectivity index (χ0n) is 10.6. The molecule has 0 aliphatic rings. The molecule has 0 spiro atoms. The van der Waals surface area contributed by atoms with Gasteiger partial charge in [0.05, 0.1) is 18.8 Å². The van der Waals surface area contributed by atoms with E-state index in [-0.39, 0.29) is 5.60 Å². The smallest absolute Gasteiger partial charge is 0.0707 e. The fourth-order valence-electron chi connectivity index (χ4n) is 1.21. The van der Waals surface area contributed by atoms with Crippen LogP contribution in [0.4, 0.5) is 0 Å². The molecule has 3 nitrogen and oxygen atoms in total. The van der Waals surface area contributed by atoms with Crippen molar-refractivity contribution in [1.29, 1.82) is 0 Å². The van der Waals surface area contributed by atoms with E-state index in [9.17, 15) is 0 Å². The summed E-state index contributed by atoms with van der Waals surface area (Å²) < 4.78 is 11.0. The number of ether oxygens (including phenoxy) is 2. The number of nitrogens with two attached hydrogens (primary N) is 1. The number of hydrogen-bond acceptors (Lipinski definition) is 3. The van der Waals surface area contributed by atoms with Gasteiger partial charge in [0, 0.05) is 6.61 Å². The summed E-state index contributed by atoms with van der Waals surface area (Å²) in [6.45, 7) is 9.21. The maximum atomic E-state index is 5.53. The van der Waals surface area contributed by atoms with E-state index in [0.29, 0.717) is 13.2 Å². The minimum atomic E-state index is -0.0511. The Kier molecular flexibility index (Phi) is 9.06. The minimum absolute atomic E-state index is 0.0511. The van der Waals surface area contributed by atoms with E-state index in [1.54, 1.807) is 0 Å². The normalized spacial score (nSPS) is 12.0. The van der Waals surface area contributed by atoms with Gasteiger partial charge in [0.15, 0.2) is 0 Å². The first kappa shape index (κ1) is 14.9. The molecule has 0 heterocycles. The van der Waals surface area contributed by atoms with E-state index >= 15 is 0 Å². The zero-order chi connectivity index (χ0) is 11.6. The molecule has 0 aromatic rings. The summed E-state index contributed by atoms with van der Waals surface area (Å²) in [5.74, 6) is 0. The first-order valence-electron chi connectivity index (χ1n) is 5.98. The summed E-state index contributed by atoms with van der Waals surface area (Å²) in [6, 6.07) is 0. The van der Waals surface area contributed by atoms with E-state index in [2.05, 4.69) is 20.8 Å². The first-order chi connectivity index (χ1) is 7.06. The minimum Gasteiger partial charge on any atom is -0.379 e. The average Bonchev–Trinajstić information content (AvgIpc) is 2.14. The fourth-order valence-corrected chi connectivity index (χ4v) is 1.21. The zero-order valence-corrected chi connectivity index (χ0v) is 10.6. The molecular weight excluding hydrogens is 190 g/mol. The van der Waals surface area contributed by atoms with Crippen LogP contribution in [0.15, 0.2) is 0 Å². The van der Waals surface area contributed by atoms with Crippen LogP contribution in [0.5, 0.6) is 0 Å². The second-order valence-electron chi connectivity index (χ2n) is 4.78. The molecule has 0 radical (unpaired) electrons. The summed E-state index contributed by atoms with van der Waals surface area (Å²) in [4.78, 5) is 0. The summed E-state index contributed by atoms with van der Waals surface area (Å²) in [7, 11) is 0. The standard InChI is InChI=1S/C12H27NO2/c1-12(2,3)15-11-10-14-9-7-5-4-6-8-13/h4-11,13H2,1-3H3. The van der Waals surface area contributed by atoms with Gasteiger partial charge in [-0.3, -0.25) is 0 Å². The van der Waals surface area contributed by atoms with Crippen molar-refractivity contribution >= 4 is 0 Å². The van der Waals surface area contributed by atoms with Crippen LogP contribution in [-0.4, -0.2) is 32.0 Å². The Morgan fingerprint density at radius 2 is 1.53 bits per heavy atom. The van der Waals surface area contributed by atoms with Gasteiger partial charge in [-0.15, -0.1) is 0 Å². The average molecular weight is 217 g/mol. The third-order valence-electron chi connectivity index (χ3n) is 2.01. The predicted molar refractivity (Wildman–Crippen MR) is 64.0 cm³/mol. The highest BCUT2D eigenvalue weighted by molar-refractivity contribution is 4.57. The van der Waals surface area contributed by atoms with Gasteiger partial charge in [-0.1, -0.05) is 12.8 Å². The molecule has 3 heteroatoms. The number of hydrogen-bond donors (Lipinski definition) is 1. The molecule has 0 saturated heterocycles. The van der Waals surface area contributed by atoms with E-state index in [1.165, 1.54) is 12.8 Å². The van der Waals surface area contributed by atoms with Gasteiger partial charge in [0.1, 0.15) is 0 Å². The van der Waals surface area contributed by atoms with Crippen LogP contribution in [-0.2, 0) is 9.47 Å². The van der Waals surface area contributed by atoms with Crippen LogP contribution in [0, 0.1) is 0 Å². The molecule has 0 unspecified atom stereocenters. The third kappa shape index (κ3) is 13.9. The summed E-state index contributed by atoms with van der Waals surface area (Å²) >= 11 is 0. The third-order valence-corrected chi connectivity index (χ3v) is 2.01. The van der Waals surface area contributed by atoms with Crippen molar-refractivity contribution in [1.82, 2.24) is 0 Å². The van der Waals surface area contributed by atoms with E-state index in [4.69, 9.17) is 15.2 Å². The van der Waals surface area contributed by atoms with Gasteiger partial charge in [-0.25, -0.2) is 0 Å². The van der Waals surface area contributed by atoms with Gasteiger partial charge in [-0.2, -0.15) is 0 Å². The molecule has 2 N–H and O–H groups in total. The summed E-state index contributed by atoms with van der Waals surface area (Å²) in [6.07, 6.45) is 4.71. The maximum absolute atomic E-state index is 5.53. The van der Waals surface area contributed by atoms with E-state index in [0.717, 1.165) is 26.0 Å². The molecule has 92 valence electrons. The molecule has 0 aliphatic heterocycles. The van der Waals surface area contributed by atoms with Crippen LogP contribution in [0.25, 0.3) is 0 Å². The van der Waals surface area contributed by atoms with Gasteiger partial charge >= 0.3 is 0 Å². The molecule has 15 heavy (non-hydrogen) atoms. The van der Waals surface area contributed by atoms with E-state index in [1.807, 2.05) is 0 Å². The van der Waals surface area contributed by atoms with Crippen LogP contribution in [0.3, 0.4) is 0 Å². The van der Waals surface area contributed by atoms with Crippen LogP contribution in [0.1, 0.15) is 46.5 Å². The monoisotopic (exact) mass is 217 g/mol. The lowest BCUT2D eigenvalue weighted by molar-refractivity contribution is -0.0351. The number of rotatable bonds is 9. The molecular formula is C12H27NO2. The molecule has 0 bridgehead atoms. The van der Waals surface area contributed by atoms with Crippen molar-refractivity contribution in [3.8, 4) is 0 Å². The molecule has 0 atom stereocenters. The molecule has 0 aromatic heterocycles. The highest BCUT2D eigenvalue weighted by Crippen LogP contribution is 2.05. The SMILES string of the molecule is CC(C)(C)OCCOCCCCCCN. The lowest BCUT2D eigenvalue weighted by atomic mass is 10.2. The Hall–Kier alpha value is -0.120. The van der Waals surface area contributed by atoms with Gasteiger partial charge in [-0.05, 0) is 40.2 Å². The highest BCUT2D eigenvalue weighted by atomic mass is 16.5. The Balaban J connectivity index is 2.99. The van der Waals surface area contributed by atoms with Crippen LogP contribution < -0.4 is 5.73 Å². The van der Waals surface area contributed by atoms with Crippen molar-refractivity contribution in [2.24, 2.45) is 5.73 Å². The summed E-state index contributed by atoms with van der Waals surface area (Å²) in [5, 5.41) is 0. The van der Waals surface area contributed by atoms with Crippen molar-refractivity contribution in [2.75, 3.05) is 26.4 Å². The summed E-state index contributed by atoms with van der Waals surface area (Å²) in [5.41, 5.74) is 5.35. The second kappa shape index (κ2) is 9.13. The Bertz CT molecular complexity index is 132. The molecule has 0 aliphatic carbocycles. The van der Waals surface area contributed by atoms with Gasteiger partial charge in [0.2, 0.25) is 0 Å². The van der Waals surface area contributed by atoms with Crippen LogP contribution >= 0.6 is 0 Å². The predicted octanol–water partition coefficient (Wildman–Crippen LogP) is 2.34. The lowest BCUT2D eigenvalue weighted by Crippen LogP contribution is -2.21. The molecule has 0 rings (SSSR count). The molecule has 0 saturated carbocycles. The Labute approximate surface area is 94.3 Å². The Morgan fingerprint density at radius 3 is 2.13 bits per heavy atom. The maximum Gasteiger partial charge on any atom is 0.0707 e. The topological polar surface area (TPSA) is 44.5 Å². The molecule has 0 fully saturated rings. The van der Waals surface area contributed by atoms with Gasteiger partial charge < -0.3 is 15.2 Å². The van der Waals surface area contributed by atoms with Crippen LogP contribution in [0.2, 0.25) is 0 Å². The highest BCUT2D eigenvalue weighted by Gasteiger charge is 2.08. The Morgan fingerprint density at radius 1 is 0.867 bits per heavy atom. The van der Waals surface area contributed by atoms with E-state index < -0.39 is 0 Å². The number of unbranched alkanes of at least 4 members (excludes halogenated alkanes) is 3. The largest absolute Gasteiger partial charge is 0.379 e. The first-order valence-corrected chi connectivity index (χ1v) is 5.98. The van der Waals surface area contributed by atoms with Crippen molar-refractivity contribution in [2.45, 2.75) is 52.1 Å². The van der Waals surface area contributed by atoms with Crippen molar-refractivity contribution < 1.29 is 9.47 Å². The quantitative estimate of drug-likeness (QED) is 0.603. The molecule has 0 amide bonds. The van der Waals surface area contributed by atoms with Crippen molar-refractivity contribution in [3.05, 3.63) is 0 Å². The second-order valence-corrected chi connectivity index (χ2v) is 4.78. The van der Waals surface area contributed by atoms with Crippen molar-refractivity contribution in [3.63, 3.8) is 0 Å². The molecule has 0 aromatic carbocycles. The lowest BCUT2D eigenvalue weighted by Gasteiger charge is -2.19. The fraction of sp³-hybridized carbons (Fsp3) is 1.00.